The topological polar surface area (TPSA) is 146 Å². The first-order valence-electron chi connectivity index (χ1n) is 17.4. The summed E-state index contributed by atoms with van der Waals surface area (Å²) in [4.78, 5) is 48.7. The van der Waals surface area contributed by atoms with E-state index >= 15 is 0 Å². The van der Waals surface area contributed by atoms with Gasteiger partial charge in [-0.05, 0) is 101 Å². The van der Waals surface area contributed by atoms with Gasteiger partial charge in [0.1, 0.15) is 22.6 Å². The average Bonchev–Trinajstić information content (AvgIpc) is 3.22. The molecule has 270 valence electrons. The van der Waals surface area contributed by atoms with E-state index < -0.39 is 35.1 Å². The summed E-state index contributed by atoms with van der Waals surface area (Å²) in [5.74, 6) is 0.883. The van der Waals surface area contributed by atoms with Gasteiger partial charge in [-0.3, -0.25) is 10.7 Å². The van der Waals surface area contributed by atoms with Crippen molar-refractivity contribution in [2.75, 3.05) is 26.2 Å². The van der Waals surface area contributed by atoms with Crippen LogP contribution in [0.3, 0.4) is 0 Å². The van der Waals surface area contributed by atoms with Gasteiger partial charge in [-0.1, -0.05) is 38.5 Å². The van der Waals surface area contributed by atoms with Crippen molar-refractivity contribution < 1.29 is 28.6 Å². The Morgan fingerprint density at radius 1 is 0.638 bits per heavy atom. The first kappa shape index (κ1) is 41.8. The highest BCUT2D eigenvalue weighted by Crippen LogP contribution is 2.15. The lowest BCUT2D eigenvalue weighted by Crippen LogP contribution is -2.37. The summed E-state index contributed by atoms with van der Waals surface area (Å²) >= 11 is 0. The lowest BCUT2D eigenvalue weighted by atomic mass is 10.1. The van der Waals surface area contributed by atoms with Crippen molar-refractivity contribution in [1.82, 2.24) is 15.1 Å². The Morgan fingerprint density at radius 3 is 1.51 bits per heavy atom. The molecule has 0 aromatic heterocycles. The number of rotatable bonds is 16. The lowest BCUT2D eigenvalue weighted by Gasteiger charge is -2.21. The number of amides is 3. The van der Waals surface area contributed by atoms with E-state index in [1.54, 1.807) is 41.5 Å². The number of carbonyl (C=O) groups is 3. The number of guanidine groups is 1. The summed E-state index contributed by atoms with van der Waals surface area (Å²) < 4.78 is 15.8. The smallest absolute Gasteiger partial charge is 0.435 e. The fraction of sp³-hybridized carbons (Fsp3) is 0.829. The first-order chi connectivity index (χ1) is 21.7. The SMILES string of the molecule is CC(CCCCCCCN1CCN(CCCCCCCC(=NC(=O)OC(C)(C)C)NC(=O)OC(C)(C)C)C1=N)=NC(=O)OC(C)(C)C. The molecule has 0 bridgehead atoms. The third kappa shape index (κ3) is 22.1. The summed E-state index contributed by atoms with van der Waals surface area (Å²) in [5.41, 5.74) is -1.04. The lowest BCUT2D eigenvalue weighted by molar-refractivity contribution is 0.0557. The molecule has 0 unspecified atom stereocenters. The third-order valence-corrected chi connectivity index (χ3v) is 6.99. The predicted molar refractivity (Wildman–Crippen MR) is 189 cm³/mol. The van der Waals surface area contributed by atoms with Gasteiger partial charge in [0, 0.05) is 38.3 Å². The summed E-state index contributed by atoms with van der Waals surface area (Å²) in [5, 5.41) is 11.2. The molecule has 12 nitrogen and oxygen atoms in total. The molecular formula is C35H64N6O6. The maximum atomic E-state index is 12.3. The summed E-state index contributed by atoms with van der Waals surface area (Å²) in [6, 6.07) is 0. The Bertz CT molecular complexity index is 1070. The molecule has 47 heavy (non-hydrogen) atoms. The van der Waals surface area contributed by atoms with Crippen molar-refractivity contribution in [3.8, 4) is 0 Å². The zero-order chi connectivity index (χ0) is 35.7. The van der Waals surface area contributed by atoms with Crippen LogP contribution in [0.4, 0.5) is 14.4 Å². The fourth-order valence-electron chi connectivity index (χ4n) is 4.89. The van der Waals surface area contributed by atoms with Crippen molar-refractivity contribution >= 4 is 35.8 Å². The molecule has 1 aliphatic heterocycles. The molecule has 0 aliphatic carbocycles. The van der Waals surface area contributed by atoms with Crippen LogP contribution >= 0.6 is 0 Å². The van der Waals surface area contributed by atoms with Crippen LogP contribution in [0.5, 0.6) is 0 Å². The van der Waals surface area contributed by atoms with Crippen molar-refractivity contribution in [3.05, 3.63) is 0 Å². The van der Waals surface area contributed by atoms with E-state index in [4.69, 9.17) is 19.6 Å². The highest BCUT2D eigenvalue weighted by atomic mass is 16.6. The molecule has 0 aromatic rings. The third-order valence-electron chi connectivity index (χ3n) is 6.99. The Hall–Kier alpha value is -3.18. The van der Waals surface area contributed by atoms with Crippen LogP contribution in [0, 0.1) is 5.41 Å². The van der Waals surface area contributed by atoms with E-state index in [9.17, 15) is 14.4 Å². The molecule has 1 saturated heterocycles. The number of nitrogens with one attached hydrogen (secondary N) is 2. The van der Waals surface area contributed by atoms with Crippen LogP contribution in [-0.2, 0) is 14.2 Å². The number of ether oxygens (including phenoxy) is 3. The maximum absolute atomic E-state index is 12.3. The molecule has 0 aromatic carbocycles. The Morgan fingerprint density at radius 2 is 1.04 bits per heavy atom. The van der Waals surface area contributed by atoms with Gasteiger partial charge in [0.2, 0.25) is 0 Å². The molecule has 0 spiro atoms. The molecule has 1 aliphatic rings. The quantitative estimate of drug-likeness (QED) is 0.0723. The predicted octanol–water partition coefficient (Wildman–Crippen LogP) is 8.47. The zero-order valence-corrected chi connectivity index (χ0v) is 31.1. The summed E-state index contributed by atoms with van der Waals surface area (Å²) in [6.45, 7) is 21.6. The van der Waals surface area contributed by atoms with Crippen LogP contribution in [0.15, 0.2) is 9.98 Å². The largest absolute Gasteiger partial charge is 0.444 e. The molecule has 12 heteroatoms. The molecule has 3 amide bonds. The number of hydrogen-bond donors (Lipinski definition) is 2. The van der Waals surface area contributed by atoms with Crippen molar-refractivity contribution in [2.24, 2.45) is 9.98 Å². The number of hydrogen-bond acceptors (Lipinski definition) is 7. The first-order valence-corrected chi connectivity index (χ1v) is 17.4. The maximum Gasteiger partial charge on any atom is 0.435 e. The second-order valence-electron chi connectivity index (χ2n) is 15.3. The molecule has 0 saturated carbocycles. The fourth-order valence-corrected chi connectivity index (χ4v) is 4.89. The van der Waals surface area contributed by atoms with E-state index in [0.29, 0.717) is 12.4 Å². The number of aliphatic imine (C=N–C) groups is 2. The molecular weight excluding hydrogens is 600 g/mol. The monoisotopic (exact) mass is 664 g/mol. The Kier molecular flexibility index (Phi) is 18.0. The van der Waals surface area contributed by atoms with Gasteiger partial charge in [-0.2, -0.15) is 9.98 Å². The molecule has 0 atom stereocenters. The number of amidine groups is 1. The van der Waals surface area contributed by atoms with Gasteiger partial charge >= 0.3 is 18.3 Å². The number of nitrogens with zero attached hydrogens (tertiary/aromatic N) is 4. The Labute approximate surface area is 284 Å². The van der Waals surface area contributed by atoms with Gasteiger partial charge in [0.15, 0.2) is 5.96 Å². The van der Waals surface area contributed by atoms with Crippen LogP contribution < -0.4 is 5.32 Å². The molecule has 0 radical (unpaired) electrons. The van der Waals surface area contributed by atoms with Crippen LogP contribution in [-0.4, -0.2) is 88.6 Å². The van der Waals surface area contributed by atoms with Crippen LogP contribution in [0.2, 0.25) is 0 Å². The van der Waals surface area contributed by atoms with Crippen LogP contribution in [0.25, 0.3) is 0 Å². The highest BCUT2D eigenvalue weighted by Gasteiger charge is 2.24. The average molecular weight is 665 g/mol. The van der Waals surface area contributed by atoms with Crippen molar-refractivity contribution in [3.63, 3.8) is 0 Å². The van der Waals surface area contributed by atoms with E-state index in [2.05, 4.69) is 25.1 Å². The second-order valence-corrected chi connectivity index (χ2v) is 15.3. The molecule has 1 heterocycles. The summed E-state index contributed by atoms with van der Waals surface area (Å²) in [6.07, 6.45) is 9.58. The normalized spacial score (nSPS) is 14.8. The number of alkyl carbamates (subject to hydrolysis) is 1. The highest BCUT2D eigenvalue weighted by molar-refractivity contribution is 6.00. The minimum absolute atomic E-state index is 0.249. The molecule has 1 rings (SSSR count). The number of carbonyl (C=O) groups excluding carboxylic acids is 3. The van der Waals surface area contributed by atoms with E-state index in [1.165, 1.54) is 0 Å². The van der Waals surface area contributed by atoms with Gasteiger partial charge in [0.05, 0.1) is 0 Å². The molecule has 1 fully saturated rings. The van der Waals surface area contributed by atoms with Gasteiger partial charge in [-0.15, -0.1) is 0 Å². The van der Waals surface area contributed by atoms with Gasteiger partial charge in [0.25, 0.3) is 0 Å². The van der Waals surface area contributed by atoms with E-state index in [-0.39, 0.29) is 5.84 Å². The van der Waals surface area contributed by atoms with Crippen molar-refractivity contribution in [1.29, 1.82) is 5.41 Å². The van der Waals surface area contributed by atoms with E-state index in [0.717, 1.165) is 103 Å². The second kappa shape index (κ2) is 20.2. The van der Waals surface area contributed by atoms with Crippen LogP contribution in [0.1, 0.15) is 146 Å². The van der Waals surface area contributed by atoms with Gasteiger partial charge < -0.3 is 24.0 Å². The minimum atomic E-state index is -0.736. The minimum Gasteiger partial charge on any atom is -0.444 e. The Balaban J connectivity index is 2.26. The van der Waals surface area contributed by atoms with Gasteiger partial charge in [-0.25, -0.2) is 14.4 Å². The number of unbranched alkanes of at least 4 members (excludes halogenated alkanes) is 8. The summed E-state index contributed by atoms with van der Waals surface area (Å²) in [7, 11) is 0. The zero-order valence-electron chi connectivity index (χ0n) is 31.1. The standard InChI is InChI=1S/C35H64N6O6/c1-27(37-30(42)45-33(2,3)4)21-17-13-11-15-19-23-40-25-26-41(29(40)36)24-20-16-12-14-18-22-28(38-31(43)46-34(5,6)7)39-32(44)47-35(8,9)10/h36H,11-26H2,1-10H3,(H,38,39,43,44). The molecule has 2 N–H and O–H groups in total. The van der Waals surface area contributed by atoms with E-state index in [1.807, 2.05) is 27.7 Å². The van der Waals surface area contributed by atoms with Crippen molar-refractivity contribution in [2.45, 2.75) is 163 Å².